The van der Waals surface area contributed by atoms with Gasteiger partial charge in [0, 0.05) is 18.3 Å². The van der Waals surface area contributed by atoms with Crippen molar-refractivity contribution in [3.63, 3.8) is 0 Å². The second-order valence-electron chi connectivity index (χ2n) is 5.85. The Labute approximate surface area is 124 Å². The molecular formula is C15H23N3O3. The van der Waals surface area contributed by atoms with Gasteiger partial charge < -0.3 is 15.2 Å². The summed E-state index contributed by atoms with van der Waals surface area (Å²) >= 11 is 0. The van der Waals surface area contributed by atoms with Gasteiger partial charge >= 0.3 is 5.97 Å². The number of carbonyl (C=O) groups is 1. The fraction of sp³-hybridized carbons (Fsp3) is 0.667. The first kappa shape index (κ1) is 15.5. The van der Waals surface area contributed by atoms with Gasteiger partial charge in [-0.2, -0.15) is 4.98 Å². The first-order chi connectivity index (χ1) is 9.95. The highest BCUT2D eigenvalue weighted by molar-refractivity contribution is 5.70. The Morgan fingerprint density at radius 3 is 2.90 bits per heavy atom. The van der Waals surface area contributed by atoms with Crippen LogP contribution in [0.2, 0.25) is 0 Å². The van der Waals surface area contributed by atoms with E-state index in [9.17, 15) is 9.90 Å². The molecule has 0 radical (unpaired) electrons. The fourth-order valence-electron chi connectivity index (χ4n) is 2.75. The van der Waals surface area contributed by atoms with Crippen LogP contribution in [0.25, 0.3) is 0 Å². The molecule has 1 aromatic rings. The van der Waals surface area contributed by atoms with Gasteiger partial charge in [-0.3, -0.25) is 4.79 Å². The van der Waals surface area contributed by atoms with Crippen LogP contribution in [-0.2, 0) is 4.79 Å². The van der Waals surface area contributed by atoms with E-state index >= 15 is 0 Å². The maximum absolute atomic E-state index is 11.2. The number of aliphatic carboxylic acids is 1. The molecule has 2 rings (SSSR count). The highest BCUT2D eigenvalue weighted by atomic mass is 16.5. The number of nitrogens with one attached hydrogen (secondary N) is 1. The third-order valence-corrected chi connectivity index (χ3v) is 3.69. The lowest BCUT2D eigenvalue weighted by Gasteiger charge is -2.17. The topological polar surface area (TPSA) is 84.3 Å². The van der Waals surface area contributed by atoms with E-state index < -0.39 is 5.97 Å². The molecule has 21 heavy (non-hydrogen) atoms. The Morgan fingerprint density at radius 2 is 2.24 bits per heavy atom. The van der Waals surface area contributed by atoms with Crippen LogP contribution in [0.5, 0.6) is 5.88 Å². The van der Waals surface area contributed by atoms with Crippen LogP contribution in [-0.4, -0.2) is 33.7 Å². The van der Waals surface area contributed by atoms with Gasteiger partial charge in [0.05, 0.1) is 12.0 Å². The molecule has 1 saturated carbocycles. The molecule has 0 amide bonds. The first-order valence-electron chi connectivity index (χ1n) is 7.44. The van der Waals surface area contributed by atoms with Gasteiger partial charge in [0.1, 0.15) is 0 Å². The lowest BCUT2D eigenvalue weighted by Crippen LogP contribution is -2.25. The molecule has 1 heterocycles. The van der Waals surface area contributed by atoms with E-state index in [0.29, 0.717) is 18.4 Å². The Bertz CT molecular complexity index is 505. The molecule has 6 nitrogen and oxygen atoms in total. The van der Waals surface area contributed by atoms with Crippen molar-refractivity contribution in [2.45, 2.75) is 46.1 Å². The SMILES string of the molecule is Cc1cc(OC(C)C)nc(NCC2CCCC2C(=O)O)n1. The number of hydrogen-bond acceptors (Lipinski definition) is 5. The van der Waals surface area contributed by atoms with E-state index in [1.807, 2.05) is 20.8 Å². The van der Waals surface area contributed by atoms with Crippen molar-refractivity contribution < 1.29 is 14.6 Å². The van der Waals surface area contributed by atoms with E-state index in [-0.39, 0.29) is 17.9 Å². The van der Waals surface area contributed by atoms with Crippen molar-refractivity contribution in [3.05, 3.63) is 11.8 Å². The first-order valence-corrected chi connectivity index (χ1v) is 7.44. The van der Waals surface area contributed by atoms with E-state index in [4.69, 9.17) is 4.74 Å². The van der Waals surface area contributed by atoms with Crippen LogP contribution in [0, 0.1) is 18.8 Å². The quantitative estimate of drug-likeness (QED) is 0.838. The van der Waals surface area contributed by atoms with Crippen molar-refractivity contribution in [2.24, 2.45) is 11.8 Å². The number of hydrogen-bond donors (Lipinski definition) is 2. The Balaban J connectivity index is 1.99. The van der Waals surface area contributed by atoms with Crippen LogP contribution < -0.4 is 10.1 Å². The second-order valence-corrected chi connectivity index (χ2v) is 5.85. The van der Waals surface area contributed by atoms with Gasteiger partial charge in [0.15, 0.2) is 0 Å². The van der Waals surface area contributed by atoms with Crippen LogP contribution in [0.1, 0.15) is 38.8 Å². The standard InChI is InChI=1S/C15H23N3O3/c1-9(2)21-13-7-10(3)17-15(18-13)16-8-11-5-4-6-12(11)14(19)20/h7,9,11-12H,4-6,8H2,1-3H3,(H,19,20)(H,16,17,18). The molecule has 6 heteroatoms. The highest BCUT2D eigenvalue weighted by Gasteiger charge is 2.32. The smallest absolute Gasteiger partial charge is 0.306 e. The molecule has 2 unspecified atom stereocenters. The summed E-state index contributed by atoms with van der Waals surface area (Å²) < 4.78 is 5.58. The van der Waals surface area contributed by atoms with Gasteiger partial charge in [-0.15, -0.1) is 0 Å². The molecule has 1 aromatic heterocycles. The van der Waals surface area contributed by atoms with Crippen molar-refractivity contribution in [1.29, 1.82) is 0 Å². The summed E-state index contributed by atoms with van der Waals surface area (Å²) in [5, 5.41) is 12.3. The summed E-state index contributed by atoms with van der Waals surface area (Å²) in [6.45, 7) is 6.36. The summed E-state index contributed by atoms with van der Waals surface area (Å²) in [7, 11) is 0. The third-order valence-electron chi connectivity index (χ3n) is 3.69. The summed E-state index contributed by atoms with van der Waals surface area (Å²) in [6, 6.07) is 1.79. The van der Waals surface area contributed by atoms with Gasteiger partial charge in [0.25, 0.3) is 0 Å². The zero-order valence-corrected chi connectivity index (χ0v) is 12.8. The molecule has 1 aliphatic rings. The Hall–Kier alpha value is -1.85. The molecule has 1 aliphatic carbocycles. The van der Waals surface area contributed by atoms with Crippen LogP contribution in [0.4, 0.5) is 5.95 Å². The van der Waals surface area contributed by atoms with Crippen molar-refractivity contribution in [3.8, 4) is 5.88 Å². The molecule has 1 fully saturated rings. The number of ether oxygens (including phenoxy) is 1. The monoisotopic (exact) mass is 293 g/mol. The van der Waals surface area contributed by atoms with Gasteiger partial charge in [-0.1, -0.05) is 6.42 Å². The third kappa shape index (κ3) is 4.31. The lowest BCUT2D eigenvalue weighted by atomic mass is 9.96. The average molecular weight is 293 g/mol. The van der Waals surface area contributed by atoms with Crippen molar-refractivity contribution in [2.75, 3.05) is 11.9 Å². The second kappa shape index (κ2) is 6.74. The largest absolute Gasteiger partial charge is 0.481 e. The van der Waals surface area contributed by atoms with E-state index in [1.54, 1.807) is 6.07 Å². The molecule has 0 aliphatic heterocycles. The van der Waals surface area contributed by atoms with Crippen molar-refractivity contribution in [1.82, 2.24) is 9.97 Å². The van der Waals surface area contributed by atoms with Gasteiger partial charge in [-0.05, 0) is 39.5 Å². The minimum absolute atomic E-state index is 0.0540. The van der Waals surface area contributed by atoms with Gasteiger partial charge in [0.2, 0.25) is 11.8 Å². The molecule has 0 spiro atoms. The summed E-state index contributed by atoms with van der Waals surface area (Å²) in [5.74, 6) is 0.228. The molecule has 2 atom stereocenters. The molecule has 116 valence electrons. The van der Waals surface area contributed by atoms with Crippen LogP contribution in [0.3, 0.4) is 0 Å². The Morgan fingerprint density at radius 1 is 1.48 bits per heavy atom. The van der Waals surface area contributed by atoms with E-state index in [1.165, 1.54) is 0 Å². The summed E-state index contributed by atoms with van der Waals surface area (Å²) in [6.07, 6.45) is 2.72. The number of aromatic nitrogens is 2. The normalized spacial score (nSPS) is 21.5. The maximum atomic E-state index is 11.2. The number of carboxylic acids is 1. The molecule has 0 aromatic carbocycles. The fourth-order valence-corrected chi connectivity index (χ4v) is 2.75. The molecular weight excluding hydrogens is 270 g/mol. The van der Waals surface area contributed by atoms with Crippen molar-refractivity contribution >= 4 is 11.9 Å². The molecule has 2 N–H and O–H groups in total. The lowest BCUT2D eigenvalue weighted by molar-refractivity contribution is -0.142. The number of rotatable bonds is 6. The number of aryl methyl sites for hydroxylation is 1. The van der Waals surface area contributed by atoms with Crippen LogP contribution in [0.15, 0.2) is 6.07 Å². The zero-order valence-electron chi connectivity index (χ0n) is 12.8. The zero-order chi connectivity index (χ0) is 15.4. The maximum Gasteiger partial charge on any atom is 0.306 e. The Kier molecular flexibility index (Phi) is 4.98. The van der Waals surface area contributed by atoms with E-state index in [0.717, 1.165) is 25.0 Å². The highest BCUT2D eigenvalue weighted by Crippen LogP contribution is 2.32. The van der Waals surface area contributed by atoms with Gasteiger partial charge in [-0.25, -0.2) is 4.98 Å². The molecule has 0 bridgehead atoms. The molecule has 0 saturated heterocycles. The number of carboxylic acid groups (broad SMARTS) is 1. The van der Waals surface area contributed by atoms with E-state index in [2.05, 4.69) is 15.3 Å². The number of nitrogens with zero attached hydrogens (tertiary/aromatic N) is 2. The predicted molar refractivity (Wildman–Crippen MR) is 79.5 cm³/mol. The number of anilines is 1. The summed E-state index contributed by atoms with van der Waals surface area (Å²) in [5.41, 5.74) is 0.823. The minimum atomic E-state index is -0.701. The van der Waals surface area contributed by atoms with Crippen LogP contribution >= 0.6 is 0 Å². The average Bonchev–Trinajstić information content (AvgIpc) is 2.83. The minimum Gasteiger partial charge on any atom is -0.481 e. The summed E-state index contributed by atoms with van der Waals surface area (Å²) in [4.78, 5) is 19.8. The predicted octanol–water partition coefficient (Wildman–Crippen LogP) is 2.49.